The van der Waals surface area contributed by atoms with Crippen LogP contribution in [0.15, 0.2) is 0 Å². The average molecular weight is 217 g/mol. The molecule has 0 saturated heterocycles. The van der Waals surface area contributed by atoms with Crippen molar-refractivity contribution in [3.05, 3.63) is 0 Å². The van der Waals surface area contributed by atoms with Crippen LogP contribution in [0.25, 0.3) is 0 Å². The van der Waals surface area contributed by atoms with Crippen molar-refractivity contribution in [2.24, 2.45) is 17.6 Å². The molecule has 0 heterocycles. The number of rotatable bonds is 7. The third-order valence-corrected chi connectivity index (χ3v) is 2.61. The Balaban J connectivity index is 4.09. The van der Waals surface area contributed by atoms with Gasteiger partial charge in [0, 0.05) is 6.04 Å². The molecule has 0 bridgehead atoms. The summed E-state index contributed by atoms with van der Waals surface area (Å²) in [6, 6.07) is -0.321. The summed E-state index contributed by atoms with van der Waals surface area (Å²) in [7, 11) is 0. The van der Waals surface area contributed by atoms with E-state index in [9.17, 15) is 9.90 Å². The lowest BCUT2D eigenvalue weighted by atomic mass is 9.91. The van der Waals surface area contributed by atoms with E-state index in [0.29, 0.717) is 12.3 Å². The molecule has 3 atom stereocenters. The first-order chi connectivity index (χ1) is 6.88. The second kappa shape index (κ2) is 6.80. The van der Waals surface area contributed by atoms with Crippen LogP contribution >= 0.6 is 0 Å². The van der Waals surface area contributed by atoms with Crippen LogP contribution in [0.1, 0.15) is 40.0 Å². The van der Waals surface area contributed by atoms with Gasteiger partial charge in [-0.2, -0.15) is 0 Å². The van der Waals surface area contributed by atoms with E-state index in [1.165, 1.54) is 0 Å². The minimum absolute atomic E-state index is 0.250. The Morgan fingerprint density at radius 3 is 2.20 bits per heavy atom. The van der Waals surface area contributed by atoms with E-state index in [1.54, 1.807) is 6.92 Å². The van der Waals surface area contributed by atoms with Gasteiger partial charge in [-0.3, -0.25) is 4.79 Å². The molecule has 0 aliphatic rings. The van der Waals surface area contributed by atoms with E-state index < -0.39 is 18.0 Å². The molecule has 0 rings (SSSR count). The SMILES string of the molecule is CCC(C[C@H](O)[C@@H](N)CC(C)C)C(=O)O. The number of aliphatic hydroxyl groups is 1. The van der Waals surface area contributed by atoms with Crippen LogP contribution in [0.4, 0.5) is 0 Å². The van der Waals surface area contributed by atoms with Crippen LogP contribution < -0.4 is 5.73 Å². The number of carbonyl (C=O) groups is 1. The molecule has 0 spiro atoms. The Bertz CT molecular complexity index is 194. The molecule has 15 heavy (non-hydrogen) atoms. The van der Waals surface area contributed by atoms with Gasteiger partial charge in [0.15, 0.2) is 0 Å². The highest BCUT2D eigenvalue weighted by molar-refractivity contribution is 5.69. The van der Waals surface area contributed by atoms with Crippen molar-refractivity contribution in [1.29, 1.82) is 0 Å². The summed E-state index contributed by atoms with van der Waals surface area (Å²) in [4.78, 5) is 10.8. The molecule has 4 nitrogen and oxygen atoms in total. The lowest BCUT2D eigenvalue weighted by Crippen LogP contribution is -2.38. The van der Waals surface area contributed by atoms with Gasteiger partial charge >= 0.3 is 5.97 Å². The summed E-state index contributed by atoms with van der Waals surface area (Å²) in [6.45, 7) is 5.86. The predicted octanol–water partition coefficient (Wildman–Crippen LogP) is 1.22. The van der Waals surface area contributed by atoms with Gasteiger partial charge in [0.2, 0.25) is 0 Å². The number of aliphatic hydroxyl groups excluding tert-OH is 1. The first kappa shape index (κ1) is 14.4. The van der Waals surface area contributed by atoms with Crippen molar-refractivity contribution in [3.8, 4) is 0 Å². The zero-order chi connectivity index (χ0) is 12.0. The number of carboxylic acids is 1. The molecule has 0 aromatic carbocycles. The summed E-state index contributed by atoms with van der Waals surface area (Å²) < 4.78 is 0. The number of hydrogen-bond donors (Lipinski definition) is 3. The molecule has 1 unspecified atom stereocenters. The summed E-state index contributed by atoms with van der Waals surface area (Å²) in [5.41, 5.74) is 5.78. The average Bonchev–Trinajstić information content (AvgIpc) is 2.11. The van der Waals surface area contributed by atoms with Crippen LogP contribution in [-0.2, 0) is 4.79 Å². The van der Waals surface area contributed by atoms with Crippen molar-refractivity contribution in [1.82, 2.24) is 0 Å². The standard InChI is InChI=1S/C11H23NO3/c1-4-8(11(14)15)6-10(13)9(12)5-7(2)3/h7-10,13H,4-6,12H2,1-3H3,(H,14,15)/t8?,9-,10-/m0/s1. The normalized spacial score (nSPS) is 17.5. The molecule has 0 radical (unpaired) electrons. The van der Waals surface area contributed by atoms with Crippen molar-refractivity contribution in [2.45, 2.75) is 52.2 Å². The molecule has 0 fully saturated rings. The molecule has 0 aliphatic carbocycles. The summed E-state index contributed by atoms with van der Waals surface area (Å²) in [5.74, 6) is -0.925. The summed E-state index contributed by atoms with van der Waals surface area (Å²) in [5, 5.41) is 18.6. The minimum Gasteiger partial charge on any atom is -0.481 e. The Morgan fingerprint density at radius 1 is 1.33 bits per heavy atom. The lowest BCUT2D eigenvalue weighted by Gasteiger charge is -2.22. The van der Waals surface area contributed by atoms with Crippen molar-refractivity contribution >= 4 is 5.97 Å². The van der Waals surface area contributed by atoms with Gasteiger partial charge < -0.3 is 15.9 Å². The number of aliphatic carboxylic acids is 1. The second-order valence-corrected chi connectivity index (χ2v) is 4.54. The molecule has 0 amide bonds. The highest BCUT2D eigenvalue weighted by Crippen LogP contribution is 2.16. The Labute approximate surface area is 91.5 Å². The van der Waals surface area contributed by atoms with E-state index >= 15 is 0 Å². The quantitative estimate of drug-likeness (QED) is 0.598. The molecule has 90 valence electrons. The molecule has 0 aliphatic heterocycles. The van der Waals surface area contributed by atoms with E-state index in [-0.39, 0.29) is 12.5 Å². The van der Waals surface area contributed by atoms with E-state index in [0.717, 1.165) is 6.42 Å². The van der Waals surface area contributed by atoms with Gasteiger partial charge in [0.25, 0.3) is 0 Å². The van der Waals surface area contributed by atoms with Gasteiger partial charge in [-0.05, 0) is 25.2 Å². The Hall–Kier alpha value is -0.610. The van der Waals surface area contributed by atoms with Gasteiger partial charge in [-0.15, -0.1) is 0 Å². The summed E-state index contributed by atoms with van der Waals surface area (Å²) >= 11 is 0. The maximum atomic E-state index is 10.8. The largest absolute Gasteiger partial charge is 0.481 e. The number of nitrogens with two attached hydrogens (primary N) is 1. The molecule has 0 saturated carbocycles. The van der Waals surface area contributed by atoms with Crippen molar-refractivity contribution < 1.29 is 15.0 Å². The summed E-state index contributed by atoms with van der Waals surface area (Å²) in [6.07, 6.45) is 0.783. The molecular weight excluding hydrogens is 194 g/mol. The molecular formula is C11H23NO3. The molecule has 0 aromatic heterocycles. The maximum Gasteiger partial charge on any atom is 0.306 e. The fourth-order valence-corrected chi connectivity index (χ4v) is 1.61. The van der Waals surface area contributed by atoms with E-state index in [2.05, 4.69) is 0 Å². The predicted molar refractivity (Wildman–Crippen MR) is 59.5 cm³/mol. The zero-order valence-electron chi connectivity index (χ0n) is 9.81. The Morgan fingerprint density at radius 2 is 1.87 bits per heavy atom. The minimum atomic E-state index is -0.853. The molecule has 0 aromatic rings. The first-order valence-electron chi connectivity index (χ1n) is 5.54. The van der Waals surface area contributed by atoms with Gasteiger partial charge in [-0.25, -0.2) is 0 Å². The third kappa shape index (κ3) is 5.74. The van der Waals surface area contributed by atoms with E-state index in [4.69, 9.17) is 10.8 Å². The zero-order valence-corrected chi connectivity index (χ0v) is 9.81. The van der Waals surface area contributed by atoms with Gasteiger partial charge in [0.05, 0.1) is 12.0 Å². The van der Waals surface area contributed by atoms with Crippen LogP contribution in [0, 0.1) is 11.8 Å². The maximum absolute atomic E-state index is 10.8. The smallest absolute Gasteiger partial charge is 0.306 e. The van der Waals surface area contributed by atoms with Gasteiger partial charge in [0.1, 0.15) is 0 Å². The highest BCUT2D eigenvalue weighted by atomic mass is 16.4. The second-order valence-electron chi connectivity index (χ2n) is 4.54. The number of hydrogen-bond acceptors (Lipinski definition) is 3. The highest BCUT2D eigenvalue weighted by Gasteiger charge is 2.23. The topological polar surface area (TPSA) is 83.5 Å². The van der Waals surface area contributed by atoms with Crippen LogP contribution in [0.5, 0.6) is 0 Å². The Kier molecular flexibility index (Phi) is 6.52. The van der Waals surface area contributed by atoms with Gasteiger partial charge in [-0.1, -0.05) is 20.8 Å². The fourth-order valence-electron chi connectivity index (χ4n) is 1.61. The van der Waals surface area contributed by atoms with Crippen LogP contribution in [0.3, 0.4) is 0 Å². The number of carboxylic acid groups (broad SMARTS) is 1. The lowest BCUT2D eigenvalue weighted by molar-refractivity contribution is -0.143. The van der Waals surface area contributed by atoms with Crippen molar-refractivity contribution in [3.63, 3.8) is 0 Å². The van der Waals surface area contributed by atoms with E-state index in [1.807, 2.05) is 13.8 Å². The van der Waals surface area contributed by atoms with Crippen molar-refractivity contribution in [2.75, 3.05) is 0 Å². The van der Waals surface area contributed by atoms with Crippen LogP contribution in [0.2, 0.25) is 0 Å². The fraction of sp³-hybridized carbons (Fsp3) is 0.909. The molecule has 4 heteroatoms. The third-order valence-electron chi connectivity index (χ3n) is 2.61. The monoisotopic (exact) mass is 217 g/mol. The van der Waals surface area contributed by atoms with Crippen LogP contribution in [-0.4, -0.2) is 28.3 Å². The first-order valence-corrected chi connectivity index (χ1v) is 5.54. The molecule has 4 N–H and O–H groups in total.